The summed E-state index contributed by atoms with van der Waals surface area (Å²) in [5.74, 6) is -2.21. The maximum absolute atomic E-state index is 14.0. The highest BCUT2D eigenvalue weighted by Gasteiger charge is 2.48. The van der Waals surface area contributed by atoms with E-state index in [1.54, 1.807) is 6.92 Å². The number of urea groups is 1. The second-order valence-corrected chi connectivity index (χ2v) is 9.13. The van der Waals surface area contributed by atoms with Crippen molar-refractivity contribution < 1.29 is 41.2 Å². The molecule has 0 aliphatic carbocycles. The molecule has 0 bridgehead atoms. The molecule has 0 unspecified atom stereocenters. The number of alkyl halides is 3. The highest BCUT2D eigenvalue weighted by atomic mass is 19.4. The Kier molecular flexibility index (Phi) is 8.86. The number of ether oxygens (including phenoxy) is 1. The van der Waals surface area contributed by atoms with Gasteiger partial charge in [0.15, 0.2) is 5.69 Å². The van der Waals surface area contributed by atoms with Crippen LogP contribution in [0.15, 0.2) is 53.4 Å². The number of aryl methyl sites for hydroxylation is 1. The minimum Gasteiger partial charge on any atom is -0.382 e. The molecule has 1 saturated heterocycles. The molecule has 218 valence electrons. The number of aromatic nitrogens is 2. The van der Waals surface area contributed by atoms with E-state index >= 15 is 0 Å². The normalized spacial score (nSPS) is 16.7. The third kappa shape index (κ3) is 6.80. The number of carbonyl (C=O) groups excluding carboxylic acids is 3. The predicted octanol–water partition coefficient (Wildman–Crippen LogP) is 3.52. The lowest BCUT2D eigenvalue weighted by Crippen LogP contribution is -2.40. The van der Waals surface area contributed by atoms with Gasteiger partial charge in [0, 0.05) is 18.9 Å². The van der Waals surface area contributed by atoms with Crippen LogP contribution in [0.4, 0.5) is 28.2 Å². The Morgan fingerprint density at radius 2 is 2.02 bits per heavy atom. The summed E-state index contributed by atoms with van der Waals surface area (Å²) in [6.45, 7) is 0.995. The number of anilines is 1. The zero-order valence-electron chi connectivity index (χ0n) is 21.9. The van der Waals surface area contributed by atoms with Crippen LogP contribution in [0.1, 0.15) is 46.2 Å². The summed E-state index contributed by atoms with van der Waals surface area (Å²) >= 11 is 0. The molecular formula is C26H26F4N6O5. The molecule has 15 heteroatoms. The summed E-state index contributed by atoms with van der Waals surface area (Å²) in [6, 6.07) is 2.59. The topological polar surface area (TPSA) is 139 Å². The molecular weight excluding hydrogens is 552 g/mol. The van der Waals surface area contributed by atoms with E-state index in [4.69, 9.17) is 9.26 Å². The Bertz CT molecular complexity index is 1410. The van der Waals surface area contributed by atoms with Crippen LogP contribution in [0, 0.1) is 5.82 Å². The zero-order valence-corrected chi connectivity index (χ0v) is 21.9. The molecule has 3 heterocycles. The van der Waals surface area contributed by atoms with Gasteiger partial charge < -0.3 is 30.1 Å². The van der Waals surface area contributed by atoms with Crippen LogP contribution in [0.3, 0.4) is 0 Å². The number of hydrogen-bond donors (Lipinski definition) is 3. The number of carbonyl (C=O) groups is 3. The van der Waals surface area contributed by atoms with Gasteiger partial charge in [0.1, 0.15) is 30.0 Å². The summed E-state index contributed by atoms with van der Waals surface area (Å²) in [5.41, 5.74) is 0.915. The number of nitrogens with one attached hydrogen (secondary N) is 3. The standard InChI is InChI=1S/C26H26F4N6O5/c1-3-14-12-41-35-22(14)24(38)34-21(16-5-4-6-17(27)9-16)23(37)33-20-10-15(7-8-31-20)18(13-40-2)36-11-19(26(28,29)30)32-25(36)39/h4-10,12,18-19,21H,3,11,13H2,1-2H3,(H,32,39)(H,34,38)(H,31,33,37)/t18-,19+,21+/m1/s1. The fourth-order valence-corrected chi connectivity index (χ4v) is 4.34. The molecule has 1 fully saturated rings. The van der Waals surface area contributed by atoms with Gasteiger partial charge in [-0.25, -0.2) is 14.2 Å². The Labute approximate surface area is 231 Å². The van der Waals surface area contributed by atoms with Gasteiger partial charge in [0.2, 0.25) is 0 Å². The predicted molar refractivity (Wildman–Crippen MR) is 135 cm³/mol. The number of methoxy groups -OCH3 is 1. The van der Waals surface area contributed by atoms with Crippen LogP contribution in [0.25, 0.3) is 0 Å². The molecule has 1 aliphatic rings. The molecule has 41 heavy (non-hydrogen) atoms. The fraction of sp³-hybridized carbons (Fsp3) is 0.346. The van der Waals surface area contributed by atoms with Gasteiger partial charge in [-0.3, -0.25) is 9.59 Å². The molecule has 3 N–H and O–H groups in total. The quantitative estimate of drug-likeness (QED) is 0.313. The lowest BCUT2D eigenvalue weighted by Gasteiger charge is -2.27. The smallest absolute Gasteiger partial charge is 0.382 e. The van der Waals surface area contributed by atoms with Crippen molar-refractivity contribution >= 4 is 23.7 Å². The number of rotatable bonds is 10. The molecule has 1 aliphatic heterocycles. The maximum Gasteiger partial charge on any atom is 0.410 e. The van der Waals surface area contributed by atoms with Crippen molar-refractivity contribution in [3.63, 3.8) is 0 Å². The Morgan fingerprint density at radius 1 is 1.24 bits per heavy atom. The van der Waals surface area contributed by atoms with Gasteiger partial charge in [-0.1, -0.05) is 24.2 Å². The van der Waals surface area contributed by atoms with Gasteiger partial charge in [0.05, 0.1) is 19.2 Å². The minimum atomic E-state index is -4.64. The van der Waals surface area contributed by atoms with Gasteiger partial charge in [-0.15, -0.1) is 0 Å². The van der Waals surface area contributed by atoms with E-state index in [2.05, 4.69) is 20.8 Å². The second-order valence-electron chi connectivity index (χ2n) is 9.13. The van der Waals surface area contributed by atoms with E-state index in [1.807, 2.05) is 5.32 Å². The van der Waals surface area contributed by atoms with Crippen LogP contribution in [0.2, 0.25) is 0 Å². The molecule has 4 amide bonds. The molecule has 11 nitrogen and oxygen atoms in total. The highest BCUT2D eigenvalue weighted by molar-refractivity contribution is 6.01. The van der Waals surface area contributed by atoms with Crippen LogP contribution in [-0.2, 0) is 16.0 Å². The van der Waals surface area contributed by atoms with Crippen molar-refractivity contribution in [2.24, 2.45) is 0 Å². The maximum atomic E-state index is 14.0. The fourth-order valence-electron chi connectivity index (χ4n) is 4.34. The van der Waals surface area contributed by atoms with Crippen molar-refractivity contribution in [2.75, 3.05) is 25.6 Å². The first-order valence-electron chi connectivity index (χ1n) is 12.4. The van der Waals surface area contributed by atoms with E-state index in [1.165, 1.54) is 49.9 Å². The van der Waals surface area contributed by atoms with Crippen LogP contribution < -0.4 is 16.0 Å². The molecule has 3 atom stereocenters. The summed E-state index contributed by atoms with van der Waals surface area (Å²) in [7, 11) is 1.33. The molecule has 0 spiro atoms. The largest absolute Gasteiger partial charge is 0.410 e. The van der Waals surface area contributed by atoms with E-state index in [0.29, 0.717) is 17.5 Å². The lowest BCUT2D eigenvalue weighted by atomic mass is 10.0. The molecule has 0 radical (unpaired) electrons. The third-order valence-corrected chi connectivity index (χ3v) is 6.41. The highest BCUT2D eigenvalue weighted by Crippen LogP contribution is 2.31. The summed E-state index contributed by atoms with van der Waals surface area (Å²) in [6.07, 6.45) is -1.61. The van der Waals surface area contributed by atoms with E-state index in [0.717, 1.165) is 11.0 Å². The molecule has 2 aromatic heterocycles. The molecule has 4 rings (SSSR count). The molecule has 0 saturated carbocycles. The van der Waals surface area contributed by atoms with Crippen molar-refractivity contribution in [3.8, 4) is 0 Å². The Hall–Kier alpha value is -4.53. The van der Waals surface area contributed by atoms with Crippen LogP contribution in [0.5, 0.6) is 0 Å². The number of nitrogens with zero attached hydrogens (tertiary/aromatic N) is 3. The monoisotopic (exact) mass is 578 g/mol. The van der Waals surface area contributed by atoms with E-state index < -0.39 is 54.5 Å². The van der Waals surface area contributed by atoms with Gasteiger partial charge in [0.25, 0.3) is 11.8 Å². The number of halogens is 4. The first-order valence-corrected chi connectivity index (χ1v) is 12.4. The summed E-state index contributed by atoms with van der Waals surface area (Å²) < 4.78 is 63.8. The first-order chi connectivity index (χ1) is 19.5. The Morgan fingerprint density at radius 3 is 2.68 bits per heavy atom. The minimum absolute atomic E-state index is 0.0353. The average Bonchev–Trinajstić information content (AvgIpc) is 3.57. The molecule has 3 aromatic rings. The van der Waals surface area contributed by atoms with Crippen molar-refractivity contribution in [1.82, 2.24) is 25.7 Å². The summed E-state index contributed by atoms with van der Waals surface area (Å²) in [5, 5.41) is 10.7. The SMILES string of the molecule is CCc1conc1C(=O)N[C@H](C(=O)Nc1cc([C@@H](COC)N2C[C@@H](C(F)(F)F)NC2=O)ccn1)c1cccc(F)c1. The second kappa shape index (κ2) is 12.3. The zero-order chi connectivity index (χ0) is 29.7. The number of amides is 4. The van der Waals surface area contributed by atoms with Crippen molar-refractivity contribution in [3.05, 3.63) is 77.1 Å². The number of hydrogen-bond acceptors (Lipinski definition) is 7. The first kappa shape index (κ1) is 29.5. The lowest BCUT2D eigenvalue weighted by molar-refractivity contribution is -0.150. The van der Waals surface area contributed by atoms with Crippen LogP contribution >= 0.6 is 0 Å². The van der Waals surface area contributed by atoms with Gasteiger partial charge in [-0.2, -0.15) is 13.2 Å². The number of pyridine rings is 1. The van der Waals surface area contributed by atoms with E-state index in [-0.39, 0.29) is 23.7 Å². The average molecular weight is 579 g/mol. The Balaban J connectivity index is 1.59. The number of benzene rings is 1. The molecule has 1 aromatic carbocycles. The van der Waals surface area contributed by atoms with Crippen molar-refractivity contribution in [2.45, 2.75) is 37.6 Å². The van der Waals surface area contributed by atoms with Gasteiger partial charge in [-0.05, 0) is 41.8 Å². The van der Waals surface area contributed by atoms with E-state index in [9.17, 15) is 31.9 Å². The van der Waals surface area contributed by atoms with Crippen molar-refractivity contribution in [1.29, 1.82) is 0 Å². The third-order valence-electron chi connectivity index (χ3n) is 6.41. The summed E-state index contributed by atoms with van der Waals surface area (Å²) in [4.78, 5) is 43.8. The van der Waals surface area contributed by atoms with Gasteiger partial charge >= 0.3 is 12.2 Å². The van der Waals surface area contributed by atoms with Crippen LogP contribution in [-0.4, -0.2) is 65.4 Å².